The van der Waals surface area contributed by atoms with Crippen LogP contribution in [0.1, 0.15) is 11.3 Å². The summed E-state index contributed by atoms with van der Waals surface area (Å²) in [5.74, 6) is 0. The molecule has 0 saturated heterocycles. The first-order valence-electron chi connectivity index (χ1n) is 5.95. The Morgan fingerprint density at radius 2 is 2.05 bits per heavy atom. The Hall–Kier alpha value is -1.43. The van der Waals surface area contributed by atoms with Crippen molar-refractivity contribution in [2.24, 2.45) is 5.73 Å². The van der Waals surface area contributed by atoms with Gasteiger partial charge in [-0.25, -0.2) is 9.97 Å². The zero-order valence-electron chi connectivity index (χ0n) is 10.5. The van der Waals surface area contributed by atoms with E-state index in [0.29, 0.717) is 6.54 Å². The molecule has 19 heavy (non-hydrogen) atoms. The Bertz CT molecular complexity index is 689. The molecule has 0 aliphatic heterocycles. The molecule has 2 N–H and O–H groups in total. The van der Waals surface area contributed by atoms with E-state index in [2.05, 4.69) is 16.0 Å². The van der Waals surface area contributed by atoms with E-state index < -0.39 is 0 Å². The summed E-state index contributed by atoms with van der Waals surface area (Å²) < 4.78 is 2.22. The first-order valence-corrected chi connectivity index (χ1v) is 7.59. The number of nitrogens with zero attached hydrogens (tertiary/aromatic N) is 2. The average molecular weight is 287 g/mol. The summed E-state index contributed by atoms with van der Waals surface area (Å²) in [6.07, 6.45) is 0. The van der Waals surface area contributed by atoms with E-state index >= 15 is 0 Å². The maximum atomic E-state index is 5.69. The number of fused-ring (bicyclic) bond motifs is 1. The lowest BCUT2D eigenvalue weighted by atomic mass is 10.2. The standard InChI is InChI=1S/C14H13N3S2/c1-9-6-10(8-15)7-13(16-9)19-14-17-11-4-2-3-5-12(11)18-14/h2-7H,8,15H2,1H3. The van der Waals surface area contributed by atoms with Gasteiger partial charge in [-0.1, -0.05) is 12.1 Å². The molecule has 0 atom stereocenters. The molecule has 2 aromatic heterocycles. The highest BCUT2D eigenvalue weighted by Gasteiger charge is 2.07. The molecule has 1 aromatic carbocycles. The van der Waals surface area contributed by atoms with Crippen LogP contribution in [0.5, 0.6) is 0 Å². The molecule has 96 valence electrons. The Balaban J connectivity index is 1.94. The largest absolute Gasteiger partial charge is 0.326 e. The van der Waals surface area contributed by atoms with E-state index in [1.165, 1.54) is 4.70 Å². The van der Waals surface area contributed by atoms with Crippen LogP contribution in [0.15, 0.2) is 45.8 Å². The van der Waals surface area contributed by atoms with Gasteiger partial charge in [0, 0.05) is 12.2 Å². The lowest BCUT2D eigenvalue weighted by Crippen LogP contribution is -1.98. The molecule has 0 bridgehead atoms. The molecule has 0 spiro atoms. The van der Waals surface area contributed by atoms with E-state index in [4.69, 9.17) is 5.73 Å². The van der Waals surface area contributed by atoms with Gasteiger partial charge in [0.25, 0.3) is 0 Å². The van der Waals surface area contributed by atoms with Crippen molar-refractivity contribution in [3.8, 4) is 0 Å². The van der Waals surface area contributed by atoms with Gasteiger partial charge in [-0.2, -0.15) is 0 Å². The predicted octanol–water partition coefficient (Wildman–Crippen LogP) is 3.61. The van der Waals surface area contributed by atoms with Gasteiger partial charge in [-0.3, -0.25) is 0 Å². The highest BCUT2D eigenvalue weighted by atomic mass is 32.2. The highest BCUT2D eigenvalue weighted by molar-refractivity contribution is 8.01. The first kappa shape index (κ1) is 12.6. The van der Waals surface area contributed by atoms with Crippen molar-refractivity contribution < 1.29 is 0 Å². The fourth-order valence-electron chi connectivity index (χ4n) is 1.86. The first-order chi connectivity index (χ1) is 9.24. The van der Waals surface area contributed by atoms with Crippen LogP contribution in [0.4, 0.5) is 0 Å². The molecule has 2 heterocycles. The summed E-state index contributed by atoms with van der Waals surface area (Å²) in [4.78, 5) is 9.12. The van der Waals surface area contributed by atoms with Crippen molar-refractivity contribution in [2.75, 3.05) is 0 Å². The third-order valence-electron chi connectivity index (χ3n) is 2.69. The third kappa shape index (κ3) is 2.78. The maximum absolute atomic E-state index is 5.69. The van der Waals surface area contributed by atoms with Crippen molar-refractivity contribution in [1.29, 1.82) is 0 Å². The molecular weight excluding hydrogens is 274 g/mol. The molecular formula is C14H13N3S2. The molecule has 0 fully saturated rings. The Labute approximate surface area is 119 Å². The molecule has 0 unspecified atom stereocenters. The van der Waals surface area contributed by atoms with Crippen LogP contribution in [0.3, 0.4) is 0 Å². The quantitative estimate of drug-likeness (QED) is 0.799. The predicted molar refractivity (Wildman–Crippen MR) is 80.6 cm³/mol. The van der Waals surface area contributed by atoms with Crippen molar-refractivity contribution >= 4 is 33.3 Å². The number of nitrogens with two attached hydrogens (primary N) is 1. The summed E-state index contributed by atoms with van der Waals surface area (Å²) in [6, 6.07) is 12.2. The maximum Gasteiger partial charge on any atom is 0.157 e. The number of hydrogen-bond acceptors (Lipinski definition) is 5. The second kappa shape index (κ2) is 5.28. The minimum Gasteiger partial charge on any atom is -0.326 e. The number of aryl methyl sites for hydroxylation is 1. The van der Waals surface area contributed by atoms with Crippen LogP contribution < -0.4 is 5.73 Å². The van der Waals surface area contributed by atoms with Gasteiger partial charge in [-0.15, -0.1) is 11.3 Å². The van der Waals surface area contributed by atoms with Crippen molar-refractivity contribution in [3.63, 3.8) is 0 Å². The monoisotopic (exact) mass is 287 g/mol. The highest BCUT2D eigenvalue weighted by Crippen LogP contribution is 2.33. The Morgan fingerprint density at radius 1 is 1.21 bits per heavy atom. The molecule has 3 nitrogen and oxygen atoms in total. The number of thiazole rings is 1. The number of rotatable bonds is 3. The van der Waals surface area contributed by atoms with Gasteiger partial charge in [0.2, 0.25) is 0 Å². The zero-order chi connectivity index (χ0) is 13.2. The van der Waals surface area contributed by atoms with E-state index in [1.54, 1.807) is 23.1 Å². The fraction of sp³-hybridized carbons (Fsp3) is 0.143. The van der Waals surface area contributed by atoms with E-state index in [1.807, 2.05) is 37.3 Å². The second-order valence-corrected chi connectivity index (χ2v) is 6.51. The third-order valence-corrected chi connectivity index (χ3v) is 4.71. The molecule has 3 rings (SSSR count). The van der Waals surface area contributed by atoms with Crippen LogP contribution in [-0.4, -0.2) is 9.97 Å². The Morgan fingerprint density at radius 3 is 2.84 bits per heavy atom. The normalized spacial score (nSPS) is 11.1. The summed E-state index contributed by atoms with van der Waals surface area (Å²) in [7, 11) is 0. The molecule has 0 aliphatic carbocycles. The van der Waals surface area contributed by atoms with Crippen LogP contribution >= 0.6 is 23.1 Å². The molecule has 0 radical (unpaired) electrons. The van der Waals surface area contributed by atoms with Crippen molar-refractivity contribution in [3.05, 3.63) is 47.7 Å². The van der Waals surface area contributed by atoms with E-state index in [0.717, 1.165) is 26.1 Å². The molecule has 0 saturated carbocycles. The number of hydrogen-bond donors (Lipinski definition) is 1. The fourth-order valence-corrected chi connectivity index (χ4v) is 3.97. The van der Waals surface area contributed by atoms with E-state index in [-0.39, 0.29) is 0 Å². The molecule has 0 aliphatic rings. The van der Waals surface area contributed by atoms with Crippen LogP contribution in [0.2, 0.25) is 0 Å². The average Bonchev–Trinajstić information content (AvgIpc) is 2.80. The van der Waals surface area contributed by atoms with Crippen LogP contribution in [0.25, 0.3) is 10.2 Å². The Kier molecular flexibility index (Phi) is 3.50. The summed E-state index contributed by atoms with van der Waals surface area (Å²) in [5.41, 5.74) is 8.84. The van der Waals surface area contributed by atoms with Crippen LogP contribution in [-0.2, 0) is 6.54 Å². The van der Waals surface area contributed by atoms with Gasteiger partial charge in [0.1, 0.15) is 5.03 Å². The van der Waals surface area contributed by atoms with Gasteiger partial charge in [0.05, 0.1) is 10.2 Å². The molecule has 5 heteroatoms. The SMILES string of the molecule is Cc1cc(CN)cc(Sc2nc3ccccc3s2)n1. The number of pyridine rings is 1. The minimum atomic E-state index is 0.538. The number of aromatic nitrogens is 2. The van der Waals surface area contributed by atoms with Gasteiger partial charge < -0.3 is 5.73 Å². The van der Waals surface area contributed by atoms with Crippen LogP contribution in [0, 0.1) is 6.92 Å². The molecule has 0 amide bonds. The van der Waals surface area contributed by atoms with Gasteiger partial charge in [0.15, 0.2) is 4.34 Å². The second-order valence-electron chi connectivity index (χ2n) is 4.21. The van der Waals surface area contributed by atoms with Crippen molar-refractivity contribution in [1.82, 2.24) is 9.97 Å². The van der Waals surface area contributed by atoms with E-state index in [9.17, 15) is 0 Å². The number of para-hydroxylation sites is 1. The van der Waals surface area contributed by atoms with Gasteiger partial charge >= 0.3 is 0 Å². The molecule has 3 aromatic rings. The lowest BCUT2D eigenvalue weighted by Gasteiger charge is -2.02. The minimum absolute atomic E-state index is 0.538. The smallest absolute Gasteiger partial charge is 0.157 e. The van der Waals surface area contributed by atoms with Crippen molar-refractivity contribution in [2.45, 2.75) is 22.8 Å². The number of benzene rings is 1. The summed E-state index contributed by atoms with van der Waals surface area (Å²) in [6.45, 7) is 2.53. The summed E-state index contributed by atoms with van der Waals surface area (Å²) >= 11 is 3.29. The summed E-state index contributed by atoms with van der Waals surface area (Å²) in [5, 5.41) is 0.958. The zero-order valence-corrected chi connectivity index (χ0v) is 12.1. The van der Waals surface area contributed by atoms with Gasteiger partial charge in [-0.05, 0) is 48.5 Å². The topological polar surface area (TPSA) is 51.8 Å². The lowest BCUT2D eigenvalue weighted by molar-refractivity contribution is 0.986.